The Bertz CT molecular complexity index is 749. The van der Waals surface area contributed by atoms with E-state index in [1.807, 2.05) is 32.0 Å². The first-order valence-corrected chi connectivity index (χ1v) is 6.38. The number of furan rings is 1. The molecular weight excluding hydrogens is 264 g/mol. The summed E-state index contributed by atoms with van der Waals surface area (Å²) in [7, 11) is 0. The average molecular weight is 274 g/mol. The molecule has 0 radical (unpaired) electrons. The molecule has 0 fully saturated rings. The van der Waals surface area contributed by atoms with Crippen LogP contribution in [0.1, 0.15) is 21.7 Å². The molecule has 7 heteroatoms. The normalized spacial score (nSPS) is 10.8. The fourth-order valence-electron chi connectivity index (χ4n) is 1.89. The molecule has 0 bridgehead atoms. The smallest absolute Gasteiger partial charge is 0.293 e. The van der Waals surface area contributed by atoms with Gasteiger partial charge in [0.15, 0.2) is 5.76 Å². The summed E-state index contributed by atoms with van der Waals surface area (Å²) in [6.07, 6.45) is 0. The van der Waals surface area contributed by atoms with Crippen LogP contribution in [0.3, 0.4) is 0 Å². The van der Waals surface area contributed by atoms with Crippen molar-refractivity contribution in [3.05, 3.63) is 35.1 Å². The lowest BCUT2D eigenvalue weighted by Gasteiger charge is -1.97. The molecule has 0 atom stereocenters. The summed E-state index contributed by atoms with van der Waals surface area (Å²) in [5.41, 5.74) is 2.63. The minimum Gasteiger partial charge on any atom is -0.451 e. The van der Waals surface area contributed by atoms with Crippen molar-refractivity contribution in [2.24, 2.45) is 0 Å². The molecule has 1 N–H and O–H groups in total. The number of rotatable bonds is 2. The van der Waals surface area contributed by atoms with Gasteiger partial charge in [-0.25, -0.2) is 0 Å². The molecule has 0 unspecified atom stereocenters. The third-order valence-electron chi connectivity index (χ3n) is 2.82. The molecule has 19 heavy (non-hydrogen) atoms. The van der Waals surface area contributed by atoms with Crippen molar-refractivity contribution in [3.8, 4) is 0 Å². The number of aryl methyl sites for hydroxylation is 2. The molecule has 6 nitrogen and oxygen atoms in total. The molecule has 3 aromatic rings. The quantitative estimate of drug-likeness (QED) is 0.776. The van der Waals surface area contributed by atoms with Gasteiger partial charge in [-0.05, 0) is 31.2 Å². The largest absolute Gasteiger partial charge is 0.451 e. The van der Waals surface area contributed by atoms with Crippen LogP contribution < -0.4 is 5.32 Å². The lowest BCUT2D eigenvalue weighted by molar-refractivity contribution is 0.0998. The van der Waals surface area contributed by atoms with Gasteiger partial charge in [0.25, 0.3) is 5.91 Å². The molecule has 0 aliphatic heterocycles. The van der Waals surface area contributed by atoms with Crippen LogP contribution in [-0.2, 0) is 0 Å². The van der Waals surface area contributed by atoms with Crippen LogP contribution in [0.25, 0.3) is 11.0 Å². The number of aromatic nitrogens is 3. The van der Waals surface area contributed by atoms with Crippen LogP contribution in [0, 0.1) is 13.8 Å². The van der Waals surface area contributed by atoms with Crippen LogP contribution in [0.5, 0.6) is 0 Å². The van der Waals surface area contributed by atoms with Crippen molar-refractivity contribution >= 4 is 33.5 Å². The van der Waals surface area contributed by atoms with E-state index in [9.17, 15) is 4.79 Å². The molecule has 0 saturated carbocycles. The number of fused-ring (bicyclic) bond motifs is 1. The standard InChI is InChI=1S/C12H10N4O2S/c1-6-3-4-9-8(5-6)7(2)10(18-9)11(17)13-12-14-15-16-19-12/h3-5H,1-2H3,(H,13,14,16,17). The minimum atomic E-state index is -0.343. The molecule has 0 spiro atoms. The van der Waals surface area contributed by atoms with Gasteiger partial charge in [0.05, 0.1) is 0 Å². The van der Waals surface area contributed by atoms with Crippen LogP contribution in [0.4, 0.5) is 5.13 Å². The van der Waals surface area contributed by atoms with Gasteiger partial charge in [-0.1, -0.05) is 21.2 Å². The van der Waals surface area contributed by atoms with Crippen LogP contribution in [0.2, 0.25) is 0 Å². The molecule has 0 aliphatic carbocycles. The first-order chi connectivity index (χ1) is 9.15. The number of hydrogen-bond donors (Lipinski definition) is 1. The van der Waals surface area contributed by atoms with E-state index < -0.39 is 0 Å². The van der Waals surface area contributed by atoms with E-state index in [0.29, 0.717) is 10.7 Å². The summed E-state index contributed by atoms with van der Waals surface area (Å²) in [6.45, 7) is 3.86. The predicted molar refractivity (Wildman–Crippen MR) is 71.3 cm³/mol. The maximum Gasteiger partial charge on any atom is 0.293 e. The van der Waals surface area contributed by atoms with Crippen molar-refractivity contribution in [2.75, 3.05) is 5.32 Å². The predicted octanol–water partition coefficient (Wildman–Crippen LogP) is 2.55. The molecule has 2 aromatic heterocycles. The molecule has 0 aliphatic rings. The van der Waals surface area contributed by atoms with Crippen LogP contribution in [0.15, 0.2) is 22.6 Å². The third-order valence-corrected chi connectivity index (χ3v) is 3.33. The van der Waals surface area contributed by atoms with E-state index in [1.54, 1.807) is 0 Å². The Morgan fingerprint density at radius 1 is 1.37 bits per heavy atom. The highest BCUT2D eigenvalue weighted by Crippen LogP contribution is 2.26. The summed E-state index contributed by atoms with van der Waals surface area (Å²) >= 11 is 1.02. The van der Waals surface area contributed by atoms with Crippen molar-refractivity contribution in [3.63, 3.8) is 0 Å². The molecule has 2 heterocycles. The maximum atomic E-state index is 12.1. The Kier molecular flexibility index (Phi) is 2.75. The van der Waals surface area contributed by atoms with E-state index in [1.165, 1.54) is 0 Å². The third kappa shape index (κ3) is 2.08. The van der Waals surface area contributed by atoms with Crippen LogP contribution >= 0.6 is 11.5 Å². The molecule has 3 rings (SSSR count). The lowest BCUT2D eigenvalue weighted by Crippen LogP contribution is -2.11. The van der Waals surface area contributed by atoms with Crippen molar-refractivity contribution < 1.29 is 9.21 Å². The summed E-state index contributed by atoms with van der Waals surface area (Å²) in [4.78, 5) is 12.1. The summed E-state index contributed by atoms with van der Waals surface area (Å²) in [6, 6.07) is 5.81. The van der Waals surface area contributed by atoms with Crippen LogP contribution in [-0.4, -0.2) is 20.7 Å². The maximum absolute atomic E-state index is 12.1. The summed E-state index contributed by atoms with van der Waals surface area (Å²) < 4.78 is 9.17. The van der Waals surface area contributed by atoms with Gasteiger partial charge >= 0.3 is 0 Å². The summed E-state index contributed by atoms with van der Waals surface area (Å²) in [5.74, 6) is -0.0549. The second kappa shape index (κ2) is 4.43. The molecule has 0 saturated heterocycles. The summed E-state index contributed by atoms with van der Waals surface area (Å²) in [5, 5.41) is 11.0. The fourth-order valence-corrected chi connectivity index (χ4v) is 2.25. The Morgan fingerprint density at radius 3 is 2.95 bits per heavy atom. The zero-order valence-electron chi connectivity index (χ0n) is 10.3. The number of anilines is 1. The Balaban J connectivity index is 2.00. The molecule has 96 valence electrons. The zero-order chi connectivity index (χ0) is 13.4. The van der Waals surface area contributed by atoms with Gasteiger partial charge in [0, 0.05) is 22.5 Å². The second-order valence-corrected chi connectivity index (χ2v) is 4.91. The molecular formula is C12H10N4O2S. The van der Waals surface area contributed by atoms with Gasteiger partial charge in [0.1, 0.15) is 5.58 Å². The number of hydrogen-bond acceptors (Lipinski definition) is 6. The first kappa shape index (κ1) is 11.8. The van der Waals surface area contributed by atoms with Crippen molar-refractivity contribution in [2.45, 2.75) is 13.8 Å². The molecule has 1 amide bonds. The highest BCUT2D eigenvalue weighted by molar-refractivity contribution is 7.09. The van der Waals surface area contributed by atoms with Crippen molar-refractivity contribution in [1.29, 1.82) is 0 Å². The fraction of sp³-hybridized carbons (Fsp3) is 0.167. The highest BCUT2D eigenvalue weighted by Gasteiger charge is 2.18. The topological polar surface area (TPSA) is 80.9 Å². The van der Waals surface area contributed by atoms with Gasteiger partial charge in [-0.15, -0.1) is 0 Å². The lowest BCUT2D eigenvalue weighted by atomic mass is 10.1. The molecule has 1 aromatic carbocycles. The van der Waals surface area contributed by atoms with E-state index in [-0.39, 0.29) is 11.7 Å². The Morgan fingerprint density at radius 2 is 2.21 bits per heavy atom. The van der Waals surface area contributed by atoms with E-state index in [2.05, 4.69) is 20.1 Å². The number of carbonyl (C=O) groups is 1. The average Bonchev–Trinajstić information content (AvgIpc) is 2.98. The highest BCUT2D eigenvalue weighted by atomic mass is 32.1. The number of amides is 1. The van der Waals surface area contributed by atoms with Gasteiger partial charge in [0.2, 0.25) is 5.13 Å². The van der Waals surface area contributed by atoms with Gasteiger partial charge in [-0.3, -0.25) is 10.1 Å². The second-order valence-electron chi connectivity index (χ2n) is 4.18. The zero-order valence-corrected chi connectivity index (χ0v) is 11.1. The Hall–Kier alpha value is -2.28. The van der Waals surface area contributed by atoms with Gasteiger partial charge < -0.3 is 4.42 Å². The number of nitrogens with one attached hydrogen (secondary N) is 1. The minimum absolute atomic E-state index is 0.288. The van der Waals surface area contributed by atoms with E-state index in [0.717, 1.165) is 28.0 Å². The van der Waals surface area contributed by atoms with E-state index >= 15 is 0 Å². The SMILES string of the molecule is Cc1ccc2oc(C(=O)Nc3nnns3)c(C)c2c1. The van der Waals surface area contributed by atoms with E-state index in [4.69, 9.17) is 4.42 Å². The van der Waals surface area contributed by atoms with Crippen molar-refractivity contribution in [1.82, 2.24) is 14.8 Å². The monoisotopic (exact) mass is 274 g/mol. The van der Waals surface area contributed by atoms with Gasteiger partial charge in [-0.2, -0.15) is 0 Å². The number of carbonyl (C=O) groups excluding carboxylic acids is 1. The Labute approximate surface area is 112 Å². The number of nitrogens with zero attached hydrogens (tertiary/aromatic N) is 3. The first-order valence-electron chi connectivity index (χ1n) is 5.61. The number of benzene rings is 1.